The highest BCUT2D eigenvalue weighted by Crippen LogP contribution is 2.42. The van der Waals surface area contributed by atoms with Gasteiger partial charge in [-0.15, -0.1) is 0 Å². The van der Waals surface area contributed by atoms with Gasteiger partial charge in [0.2, 0.25) is 11.8 Å². The summed E-state index contributed by atoms with van der Waals surface area (Å²) in [7, 11) is 1.26. The molecule has 1 N–H and O–H groups in total. The molecule has 0 spiro atoms. The number of esters is 1. The quantitative estimate of drug-likeness (QED) is 0.240. The molecule has 0 radical (unpaired) electrons. The molecule has 2 aliphatic heterocycles. The Labute approximate surface area is 255 Å². The van der Waals surface area contributed by atoms with Crippen molar-refractivity contribution >= 4 is 40.6 Å². The number of fused-ring (bicyclic) bond motifs is 4. The summed E-state index contributed by atoms with van der Waals surface area (Å²) in [6.45, 7) is 1.79. The lowest BCUT2D eigenvalue weighted by atomic mass is 9.91. The molecule has 12 heteroatoms. The van der Waals surface area contributed by atoms with Crippen LogP contribution in [0.4, 0.5) is 23.2 Å². The molecule has 3 heterocycles. The minimum absolute atomic E-state index is 0.00358. The van der Waals surface area contributed by atoms with E-state index in [2.05, 4.69) is 10.3 Å². The summed E-state index contributed by atoms with van der Waals surface area (Å²) in [4.78, 5) is 44.9. The summed E-state index contributed by atoms with van der Waals surface area (Å²) in [5, 5.41) is 2.47. The molecule has 0 fully saturated rings. The van der Waals surface area contributed by atoms with E-state index >= 15 is 0 Å². The Morgan fingerprint density at radius 3 is 2.59 bits per heavy atom. The second-order valence-corrected chi connectivity index (χ2v) is 11.2. The molecule has 0 saturated carbocycles. The van der Waals surface area contributed by atoms with E-state index in [1.165, 1.54) is 12.0 Å². The van der Waals surface area contributed by atoms with Crippen molar-refractivity contribution in [1.82, 2.24) is 9.88 Å². The summed E-state index contributed by atoms with van der Waals surface area (Å²) in [5.74, 6) is -2.98. The van der Waals surface area contributed by atoms with Gasteiger partial charge in [0.15, 0.2) is 0 Å². The molecule has 5 rings (SSSR count). The van der Waals surface area contributed by atoms with Crippen molar-refractivity contribution in [2.75, 3.05) is 19.0 Å². The Morgan fingerprint density at radius 2 is 1.89 bits per heavy atom. The first-order valence-electron chi connectivity index (χ1n) is 13.9. The standard InChI is InChI=1S/C32H28ClF4N3O4/c1-17-4-3-5-26(40-13-11-19(16-27(40)41)28-22(32(35,36)37)7-8-23(33)29(28)34)25-15-18(10-12-38-25)21-14-20(31(43)44-2)6-9-24(21)39-30(17)42/h6-10,12,14-17,26H,3-5,11,13H2,1-2H3,(H,39,42)/t17-,26+/m1/s1. The van der Waals surface area contributed by atoms with Crippen molar-refractivity contribution in [1.29, 1.82) is 0 Å². The van der Waals surface area contributed by atoms with Crippen LogP contribution in [0.3, 0.4) is 0 Å². The van der Waals surface area contributed by atoms with Gasteiger partial charge in [-0.25, -0.2) is 9.18 Å². The van der Waals surface area contributed by atoms with E-state index in [4.69, 9.17) is 16.3 Å². The second kappa shape index (κ2) is 12.4. The van der Waals surface area contributed by atoms with Crippen LogP contribution in [0.25, 0.3) is 16.7 Å². The number of aromatic nitrogens is 1. The zero-order valence-electron chi connectivity index (χ0n) is 23.8. The number of nitrogens with one attached hydrogen (secondary N) is 1. The third-order valence-electron chi connectivity index (χ3n) is 7.99. The minimum atomic E-state index is -4.85. The number of alkyl halides is 3. The van der Waals surface area contributed by atoms with Crippen molar-refractivity contribution in [3.05, 3.63) is 88.0 Å². The fraction of sp³-hybridized carbons (Fsp3) is 0.312. The maximum absolute atomic E-state index is 15.0. The monoisotopic (exact) mass is 629 g/mol. The zero-order valence-corrected chi connectivity index (χ0v) is 24.6. The normalized spacial score (nSPS) is 19.2. The lowest BCUT2D eigenvalue weighted by molar-refractivity contribution is -0.138. The van der Waals surface area contributed by atoms with Gasteiger partial charge in [-0.1, -0.05) is 24.9 Å². The molecule has 230 valence electrons. The van der Waals surface area contributed by atoms with Crippen LogP contribution in [-0.4, -0.2) is 41.3 Å². The molecule has 3 aromatic rings. The molecule has 2 bridgehead atoms. The van der Waals surface area contributed by atoms with Gasteiger partial charge < -0.3 is 15.0 Å². The number of rotatable bonds is 3. The highest BCUT2D eigenvalue weighted by atomic mass is 35.5. The number of ether oxygens (including phenoxy) is 1. The second-order valence-electron chi connectivity index (χ2n) is 10.8. The maximum Gasteiger partial charge on any atom is 0.417 e. The highest BCUT2D eigenvalue weighted by Gasteiger charge is 2.38. The first kappa shape index (κ1) is 31.2. The van der Waals surface area contributed by atoms with Crippen molar-refractivity contribution in [3.8, 4) is 11.1 Å². The number of pyridine rings is 1. The molecular weight excluding hydrogens is 602 g/mol. The van der Waals surface area contributed by atoms with Gasteiger partial charge in [0.05, 0.1) is 35.0 Å². The van der Waals surface area contributed by atoms with Crippen molar-refractivity contribution in [3.63, 3.8) is 0 Å². The van der Waals surface area contributed by atoms with Crippen LogP contribution in [0.5, 0.6) is 0 Å². The van der Waals surface area contributed by atoms with E-state index in [9.17, 15) is 31.9 Å². The number of amides is 2. The Hall–Kier alpha value is -4.25. The molecule has 2 aliphatic rings. The summed E-state index contributed by atoms with van der Waals surface area (Å²) in [5.41, 5.74) is 0.402. The number of carbonyl (C=O) groups excluding carboxylic acids is 3. The molecule has 0 aliphatic carbocycles. The molecule has 7 nitrogen and oxygen atoms in total. The van der Waals surface area contributed by atoms with E-state index in [1.54, 1.807) is 43.5 Å². The number of nitrogens with zero attached hydrogens (tertiary/aromatic N) is 2. The maximum atomic E-state index is 15.0. The van der Waals surface area contributed by atoms with Crippen LogP contribution in [0.15, 0.2) is 54.7 Å². The van der Waals surface area contributed by atoms with Crippen molar-refractivity contribution < 1.29 is 36.7 Å². The third kappa shape index (κ3) is 6.19. The van der Waals surface area contributed by atoms with Gasteiger partial charge in [-0.2, -0.15) is 13.2 Å². The Bertz CT molecular complexity index is 1670. The number of anilines is 1. The molecular formula is C32H28ClF4N3O4. The fourth-order valence-electron chi connectivity index (χ4n) is 5.67. The van der Waals surface area contributed by atoms with E-state index in [0.29, 0.717) is 47.8 Å². The lowest BCUT2D eigenvalue weighted by Gasteiger charge is -2.35. The van der Waals surface area contributed by atoms with Gasteiger partial charge >= 0.3 is 12.1 Å². The smallest absolute Gasteiger partial charge is 0.417 e. The number of methoxy groups -OCH3 is 1. The summed E-state index contributed by atoms with van der Waals surface area (Å²) < 4.78 is 61.2. The first-order chi connectivity index (χ1) is 20.9. The van der Waals surface area contributed by atoms with Crippen LogP contribution >= 0.6 is 11.6 Å². The van der Waals surface area contributed by atoms with Crippen molar-refractivity contribution in [2.24, 2.45) is 5.92 Å². The zero-order chi connectivity index (χ0) is 31.8. The lowest BCUT2D eigenvalue weighted by Crippen LogP contribution is -2.38. The van der Waals surface area contributed by atoms with Crippen LogP contribution < -0.4 is 5.32 Å². The molecule has 0 unspecified atom stereocenters. The topological polar surface area (TPSA) is 88.6 Å². The van der Waals surface area contributed by atoms with E-state index in [-0.39, 0.29) is 35.9 Å². The fourth-order valence-corrected chi connectivity index (χ4v) is 5.82. The molecule has 2 aromatic carbocycles. The summed E-state index contributed by atoms with van der Waals surface area (Å²) in [6.07, 6.45) is -0.878. The number of carbonyl (C=O) groups is 3. The summed E-state index contributed by atoms with van der Waals surface area (Å²) in [6, 6.07) is 9.21. The number of halogens is 5. The van der Waals surface area contributed by atoms with E-state index in [1.807, 2.05) is 0 Å². The molecule has 0 saturated heterocycles. The Morgan fingerprint density at radius 1 is 1.11 bits per heavy atom. The highest BCUT2D eigenvalue weighted by molar-refractivity contribution is 6.31. The van der Waals surface area contributed by atoms with E-state index in [0.717, 1.165) is 12.1 Å². The number of benzene rings is 2. The molecule has 1 aromatic heterocycles. The number of hydrogen-bond acceptors (Lipinski definition) is 5. The van der Waals surface area contributed by atoms with Crippen molar-refractivity contribution in [2.45, 2.75) is 44.8 Å². The average molecular weight is 630 g/mol. The van der Waals surface area contributed by atoms with E-state index < -0.39 is 46.1 Å². The molecule has 2 amide bonds. The number of hydrogen-bond donors (Lipinski definition) is 1. The Balaban J connectivity index is 1.56. The van der Waals surface area contributed by atoms with Crippen LogP contribution in [0, 0.1) is 11.7 Å². The minimum Gasteiger partial charge on any atom is -0.465 e. The molecule has 44 heavy (non-hydrogen) atoms. The van der Waals surface area contributed by atoms with Gasteiger partial charge in [-0.05, 0) is 72.9 Å². The van der Waals surface area contributed by atoms with Crippen LogP contribution in [0.1, 0.15) is 65.8 Å². The summed E-state index contributed by atoms with van der Waals surface area (Å²) >= 11 is 5.83. The first-order valence-corrected chi connectivity index (χ1v) is 14.3. The van der Waals surface area contributed by atoms with Crippen LogP contribution in [0.2, 0.25) is 5.02 Å². The largest absolute Gasteiger partial charge is 0.465 e. The van der Waals surface area contributed by atoms with Gasteiger partial charge in [0.25, 0.3) is 0 Å². The predicted octanol–water partition coefficient (Wildman–Crippen LogP) is 7.46. The van der Waals surface area contributed by atoms with Gasteiger partial charge in [0.1, 0.15) is 5.82 Å². The SMILES string of the molecule is COC(=O)c1ccc2c(c1)-c1ccnc(c1)[C@@H](N1CCC(c3c(C(F)(F)F)ccc(Cl)c3F)=CC1=O)CCC[C@@H](C)C(=O)N2. The van der Waals surface area contributed by atoms with Gasteiger partial charge in [0, 0.05) is 41.5 Å². The third-order valence-corrected chi connectivity index (χ3v) is 8.29. The van der Waals surface area contributed by atoms with Crippen LogP contribution in [-0.2, 0) is 20.5 Å². The Kier molecular flexibility index (Phi) is 8.78. The molecule has 2 atom stereocenters. The van der Waals surface area contributed by atoms with Gasteiger partial charge in [-0.3, -0.25) is 14.6 Å². The average Bonchev–Trinajstić information content (AvgIpc) is 2.99. The predicted molar refractivity (Wildman–Crippen MR) is 156 cm³/mol.